The standard InChI is InChI=1S/C28H34N4O5S2/c33-26(25-14-17-3-1-2-4-24(17)38-25)29-22-13-19-11-18(19)12-20-5-6-23(32(20)27(22)34)28(35)31-15-21(16-31)30-7-9-39(36,37)10-8-30/h1-4,14,18-23H,5-13,15-16H2,(H,29,33)/t18-,19+,20-,22+,23+/m1/s1. The van der Waals surface area contributed by atoms with Crippen LogP contribution in [0.1, 0.15) is 41.8 Å². The Morgan fingerprint density at radius 1 is 0.949 bits per heavy atom. The van der Waals surface area contributed by atoms with Crippen LogP contribution in [0.4, 0.5) is 0 Å². The summed E-state index contributed by atoms with van der Waals surface area (Å²) in [5.41, 5.74) is 0. The number of sulfone groups is 1. The summed E-state index contributed by atoms with van der Waals surface area (Å²) >= 11 is 1.43. The maximum Gasteiger partial charge on any atom is 0.262 e. The molecule has 0 spiro atoms. The van der Waals surface area contributed by atoms with Gasteiger partial charge in [-0.1, -0.05) is 18.2 Å². The lowest BCUT2D eigenvalue weighted by Gasteiger charge is -2.48. The Kier molecular flexibility index (Phi) is 6.24. The van der Waals surface area contributed by atoms with Crippen molar-refractivity contribution in [2.45, 2.75) is 56.3 Å². The third kappa shape index (κ3) is 4.76. The number of hydrogen-bond donors (Lipinski definition) is 1. The maximum atomic E-state index is 14.0. The van der Waals surface area contributed by atoms with Crippen molar-refractivity contribution in [3.8, 4) is 0 Å². The van der Waals surface area contributed by atoms with Gasteiger partial charge in [0.25, 0.3) is 5.91 Å². The van der Waals surface area contributed by atoms with Gasteiger partial charge in [0, 0.05) is 43.0 Å². The van der Waals surface area contributed by atoms with Crippen molar-refractivity contribution in [2.24, 2.45) is 11.8 Å². The highest BCUT2D eigenvalue weighted by Crippen LogP contribution is 2.49. The van der Waals surface area contributed by atoms with Crippen LogP contribution in [0.2, 0.25) is 0 Å². The molecule has 1 aromatic heterocycles. The van der Waals surface area contributed by atoms with E-state index in [9.17, 15) is 22.8 Å². The Morgan fingerprint density at radius 2 is 1.69 bits per heavy atom. The van der Waals surface area contributed by atoms with Gasteiger partial charge in [-0.15, -0.1) is 11.3 Å². The summed E-state index contributed by atoms with van der Waals surface area (Å²) in [6.07, 6.45) is 4.15. The van der Waals surface area contributed by atoms with Gasteiger partial charge in [-0.3, -0.25) is 19.3 Å². The monoisotopic (exact) mass is 570 g/mol. The Morgan fingerprint density at radius 3 is 2.46 bits per heavy atom. The average Bonchev–Trinajstić information content (AvgIpc) is 3.26. The largest absolute Gasteiger partial charge is 0.340 e. The predicted molar refractivity (Wildman–Crippen MR) is 148 cm³/mol. The molecule has 9 nitrogen and oxygen atoms in total. The number of rotatable bonds is 4. The van der Waals surface area contributed by atoms with Crippen molar-refractivity contribution < 1.29 is 22.8 Å². The van der Waals surface area contributed by atoms with E-state index in [1.807, 2.05) is 40.1 Å². The molecular weight excluding hydrogens is 536 g/mol. The van der Waals surface area contributed by atoms with Crippen LogP contribution in [0.3, 0.4) is 0 Å². The molecule has 4 saturated heterocycles. The van der Waals surface area contributed by atoms with Crippen molar-refractivity contribution in [2.75, 3.05) is 37.7 Å². The summed E-state index contributed by atoms with van der Waals surface area (Å²) in [6, 6.07) is 8.89. The first-order valence-electron chi connectivity index (χ1n) is 14.1. The maximum absolute atomic E-state index is 14.0. The molecule has 0 unspecified atom stereocenters. The van der Waals surface area contributed by atoms with Gasteiger partial charge in [0.05, 0.1) is 16.4 Å². The van der Waals surface area contributed by atoms with Gasteiger partial charge < -0.3 is 15.1 Å². The second-order valence-corrected chi connectivity index (χ2v) is 15.4. The first-order chi connectivity index (χ1) is 18.8. The highest BCUT2D eigenvalue weighted by atomic mass is 32.2. The molecular formula is C28H34N4O5S2. The van der Waals surface area contributed by atoms with Crippen LogP contribution < -0.4 is 5.32 Å². The van der Waals surface area contributed by atoms with Crippen LogP contribution in [0.5, 0.6) is 0 Å². The molecule has 1 saturated carbocycles. The van der Waals surface area contributed by atoms with E-state index in [0.29, 0.717) is 55.7 Å². The number of fused-ring (bicyclic) bond motifs is 3. The summed E-state index contributed by atoms with van der Waals surface area (Å²) in [7, 11) is -2.94. The number of nitrogens with one attached hydrogen (secondary N) is 1. The minimum Gasteiger partial charge on any atom is -0.340 e. The first-order valence-corrected chi connectivity index (χ1v) is 16.7. The minimum atomic E-state index is -2.94. The number of amides is 3. The van der Waals surface area contributed by atoms with Crippen LogP contribution in [0, 0.1) is 11.8 Å². The first kappa shape index (κ1) is 25.5. The molecule has 39 heavy (non-hydrogen) atoms. The Hall–Kier alpha value is -2.50. The molecule has 1 aliphatic carbocycles. The quantitative estimate of drug-likeness (QED) is 0.600. The fourth-order valence-electron chi connectivity index (χ4n) is 7.12. The average molecular weight is 571 g/mol. The molecule has 11 heteroatoms. The van der Waals surface area contributed by atoms with Gasteiger partial charge in [-0.25, -0.2) is 8.42 Å². The van der Waals surface area contributed by atoms with Crippen molar-refractivity contribution in [1.82, 2.24) is 20.0 Å². The minimum absolute atomic E-state index is 0.00534. The fraction of sp³-hybridized carbons (Fsp3) is 0.607. The lowest BCUT2D eigenvalue weighted by atomic mass is 9.98. The number of nitrogens with zero attached hydrogens (tertiary/aromatic N) is 3. The molecule has 0 radical (unpaired) electrons. The molecule has 5 heterocycles. The number of likely N-dealkylation sites (tertiary alicyclic amines) is 1. The Labute approximate surface area is 232 Å². The van der Waals surface area contributed by atoms with Crippen molar-refractivity contribution in [1.29, 1.82) is 0 Å². The topological polar surface area (TPSA) is 107 Å². The van der Waals surface area contributed by atoms with Crippen molar-refractivity contribution in [3.05, 3.63) is 35.2 Å². The van der Waals surface area contributed by atoms with Gasteiger partial charge in [0.15, 0.2) is 9.84 Å². The third-order valence-corrected chi connectivity index (χ3v) is 12.3. The normalized spacial score (nSPS) is 32.6. The highest BCUT2D eigenvalue weighted by Gasteiger charge is 2.52. The molecule has 3 amide bonds. The second-order valence-electron chi connectivity index (χ2n) is 12.0. The van der Waals surface area contributed by atoms with Crippen LogP contribution in [0.25, 0.3) is 10.1 Å². The fourth-order valence-corrected chi connectivity index (χ4v) is 9.32. The predicted octanol–water partition coefficient (Wildman–Crippen LogP) is 1.73. The van der Waals surface area contributed by atoms with Gasteiger partial charge in [-0.2, -0.15) is 0 Å². The number of benzene rings is 1. The van der Waals surface area contributed by atoms with Crippen LogP contribution in [0.15, 0.2) is 30.3 Å². The van der Waals surface area contributed by atoms with E-state index < -0.39 is 21.9 Å². The van der Waals surface area contributed by atoms with Crippen LogP contribution >= 0.6 is 11.3 Å². The van der Waals surface area contributed by atoms with Crippen LogP contribution in [-0.2, 0) is 19.4 Å². The summed E-state index contributed by atoms with van der Waals surface area (Å²) < 4.78 is 24.6. The number of carbonyl (C=O) groups is 3. The summed E-state index contributed by atoms with van der Waals surface area (Å²) in [6.45, 7) is 2.21. The third-order valence-electron chi connectivity index (χ3n) is 9.55. The van der Waals surface area contributed by atoms with E-state index in [1.165, 1.54) is 11.3 Å². The summed E-state index contributed by atoms with van der Waals surface area (Å²) in [5.74, 6) is 1.04. The van der Waals surface area contributed by atoms with Crippen LogP contribution in [-0.4, -0.2) is 103 Å². The SMILES string of the molecule is O=C(N[C@H]1C[C@@H]2C[C@@H]2C[C@H]2CC[C@@H](C(=O)N3CC(N4CCS(=O)(=O)CC4)C3)N2C1=O)c1cc2ccccc2s1. The number of hydrogen-bond acceptors (Lipinski definition) is 7. The van der Waals surface area contributed by atoms with Gasteiger partial charge in [0.1, 0.15) is 12.1 Å². The van der Waals surface area contributed by atoms with Crippen molar-refractivity contribution >= 4 is 49.0 Å². The highest BCUT2D eigenvalue weighted by molar-refractivity contribution is 7.91. The second kappa shape index (κ2) is 9.55. The van der Waals surface area contributed by atoms with E-state index in [0.717, 1.165) is 29.3 Å². The van der Waals surface area contributed by atoms with E-state index in [-0.39, 0.29) is 41.3 Å². The molecule has 0 bridgehead atoms. The molecule has 5 atom stereocenters. The Balaban J connectivity index is 1.04. The smallest absolute Gasteiger partial charge is 0.262 e. The number of thiophene rings is 1. The molecule has 1 aromatic carbocycles. The summed E-state index contributed by atoms with van der Waals surface area (Å²) in [5, 5.41) is 4.07. The van der Waals surface area contributed by atoms with Crippen molar-refractivity contribution in [3.63, 3.8) is 0 Å². The lowest BCUT2D eigenvalue weighted by molar-refractivity contribution is -0.151. The molecule has 7 rings (SSSR count). The zero-order valence-electron chi connectivity index (χ0n) is 21.8. The number of carbonyl (C=O) groups excluding carboxylic acids is 3. The van der Waals surface area contributed by atoms with E-state index >= 15 is 0 Å². The zero-order valence-corrected chi connectivity index (χ0v) is 23.5. The van der Waals surface area contributed by atoms with Gasteiger partial charge >= 0.3 is 0 Å². The Bertz CT molecular complexity index is 1390. The van der Waals surface area contributed by atoms with E-state index in [2.05, 4.69) is 10.2 Å². The van der Waals surface area contributed by atoms with Gasteiger partial charge in [0.2, 0.25) is 11.8 Å². The van der Waals surface area contributed by atoms with E-state index in [4.69, 9.17) is 0 Å². The molecule has 1 N–H and O–H groups in total. The molecule has 2 aromatic rings. The molecule has 208 valence electrons. The lowest BCUT2D eigenvalue weighted by Crippen LogP contribution is -2.66. The van der Waals surface area contributed by atoms with Gasteiger partial charge in [-0.05, 0) is 61.5 Å². The van der Waals surface area contributed by atoms with E-state index in [1.54, 1.807) is 0 Å². The molecule has 5 aliphatic rings. The molecule has 4 aliphatic heterocycles. The zero-order chi connectivity index (χ0) is 26.9. The summed E-state index contributed by atoms with van der Waals surface area (Å²) in [4.78, 5) is 47.3. The molecule has 5 fully saturated rings.